The Labute approximate surface area is 225 Å². The maximum atomic E-state index is 13.2. The van der Waals surface area contributed by atoms with Crippen molar-refractivity contribution < 1.29 is 19.4 Å². The van der Waals surface area contributed by atoms with E-state index in [1.165, 1.54) is 0 Å². The summed E-state index contributed by atoms with van der Waals surface area (Å²) in [6, 6.07) is 19.4. The van der Waals surface area contributed by atoms with Gasteiger partial charge in [-0.2, -0.15) is 0 Å². The van der Waals surface area contributed by atoms with Gasteiger partial charge in [-0.1, -0.05) is 75.4 Å². The van der Waals surface area contributed by atoms with E-state index in [2.05, 4.69) is 36.6 Å². The second kappa shape index (κ2) is 11.0. The van der Waals surface area contributed by atoms with Gasteiger partial charge in [0.15, 0.2) is 11.6 Å². The second-order valence-electron chi connectivity index (χ2n) is 11.6. The molecule has 6 heteroatoms. The van der Waals surface area contributed by atoms with Crippen molar-refractivity contribution in [3.63, 3.8) is 0 Å². The van der Waals surface area contributed by atoms with Crippen LogP contribution in [0.4, 0.5) is 0 Å². The normalized spacial score (nSPS) is 18.2. The van der Waals surface area contributed by atoms with Crippen LogP contribution in [0.25, 0.3) is 10.8 Å². The fourth-order valence-corrected chi connectivity index (χ4v) is 5.76. The summed E-state index contributed by atoms with van der Waals surface area (Å²) in [5, 5.41) is 12.4. The number of Topliss-reactive ketones (excluding diaryl/α,β-unsaturated/α-hetero) is 2. The van der Waals surface area contributed by atoms with Crippen LogP contribution in [0, 0.1) is 5.92 Å². The van der Waals surface area contributed by atoms with Crippen LogP contribution in [0.5, 0.6) is 5.75 Å². The van der Waals surface area contributed by atoms with Crippen molar-refractivity contribution in [2.45, 2.75) is 38.7 Å². The molecule has 38 heavy (non-hydrogen) atoms. The molecule has 3 aromatic rings. The molecule has 2 aliphatic rings. The molecule has 1 saturated heterocycles. The van der Waals surface area contributed by atoms with Crippen molar-refractivity contribution in [3.05, 3.63) is 77.4 Å². The molecule has 0 aromatic heterocycles. The first-order valence-corrected chi connectivity index (χ1v) is 13.7. The number of rotatable bonds is 8. The third-order valence-corrected chi connectivity index (χ3v) is 7.86. The van der Waals surface area contributed by atoms with Gasteiger partial charge in [-0.3, -0.25) is 14.5 Å². The highest BCUT2D eigenvalue weighted by molar-refractivity contribution is 6.29. The number of carbonyl (C=O) groups is 2. The van der Waals surface area contributed by atoms with E-state index in [0.29, 0.717) is 30.6 Å². The lowest BCUT2D eigenvalue weighted by Gasteiger charge is -2.36. The van der Waals surface area contributed by atoms with Crippen molar-refractivity contribution in [1.29, 1.82) is 0 Å². The Balaban J connectivity index is 1.10. The minimum absolute atomic E-state index is 0.0263. The highest BCUT2D eigenvalue weighted by Crippen LogP contribution is 2.34. The highest BCUT2D eigenvalue weighted by Gasteiger charge is 2.35. The van der Waals surface area contributed by atoms with Gasteiger partial charge < -0.3 is 14.7 Å². The minimum Gasteiger partial charge on any atom is -0.491 e. The largest absolute Gasteiger partial charge is 0.491 e. The van der Waals surface area contributed by atoms with Crippen LogP contribution in [0.1, 0.15) is 53.5 Å². The summed E-state index contributed by atoms with van der Waals surface area (Å²) in [6.07, 6.45) is -0.0405. The molecule has 1 aliphatic carbocycles. The van der Waals surface area contributed by atoms with E-state index in [1.54, 1.807) is 0 Å². The molecule has 0 amide bonds. The van der Waals surface area contributed by atoms with Gasteiger partial charge in [-0.15, -0.1) is 0 Å². The van der Waals surface area contributed by atoms with Gasteiger partial charge in [0.2, 0.25) is 0 Å². The van der Waals surface area contributed by atoms with E-state index in [9.17, 15) is 14.7 Å². The zero-order chi connectivity index (χ0) is 26.9. The lowest BCUT2D eigenvalue weighted by molar-refractivity contribution is 0.0441. The number of nitrogens with zero attached hydrogens (tertiary/aromatic N) is 2. The molecule has 200 valence electrons. The number of piperazine rings is 1. The van der Waals surface area contributed by atoms with Crippen molar-refractivity contribution >= 4 is 22.3 Å². The molecule has 3 aromatic carbocycles. The molecule has 5 rings (SSSR count). The first-order valence-electron chi connectivity index (χ1n) is 13.7. The van der Waals surface area contributed by atoms with E-state index >= 15 is 0 Å². The maximum Gasteiger partial charge on any atom is 0.174 e. The number of aliphatic hydroxyl groups excluding tert-OH is 1. The third kappa shape index (κ3) is 5.53. The quantitative estimate of drug-likeness (QED) is 0.444. The number of hydrogen-bond donors (Lipinski definition) is 1. The van der Waals surface area contributed by atoms with Gasteiger partial charge in [-0.25, -0.2) is 0 Å². The number of ether oxygens (including phenoxy) is 1. The predicted molar refractivity (Wildman–Crippen MR) is 150 cm³/mol. The Morgan fingerprint density at radius 2 is 1.47 bits per heavy atom. The van der Waals surface area contributed by atoms with Gasteiger partial charge in [0.05, 0.1) is 5.92 Å². The van der Waals surface area contributed by atoms with Gasteiger partial charge in [-0.05, 0) is 35.4 Å². The minimum atomic E-state index is -0.608. The van der Waals surface area contributed by atoms with Gasteiger partial charge in [0.25, 0.3) is 0 Å². The lowest BCUT2D eigenvalue weighted by Crippen LogP contribution is -2.49. The van der Waals surface area contributed by atoms with Crippen molar-refractivity contribution in [2.75, 3.05) is 45.9 Å². The summed E-state index contributed by atoms with van der Waals surface area (Å²) in [6.45, 7) is 11.4. The fourth-order valence-electron chi connectivity index (χ4n) is 5.76. The van der Waals surface area contributed by atoms with E-state index in [1.807, 2.05) is 54.6 Å². The molecule has 0 bridgehead atoms. The van der Waals surface area contributed by atoms with Crippen molar-refractivity contribution in [2.24, 2.45) is 5.92 Å². The number of hydrogen-bond acceptors (Lipinski definition) is 6. The Morgan fingerprint density at radius 3 is 2.11 bits per heavy atom. The van der Waals surface area contributed by atoms with Crippen LogP contribution in [0.2, 0.25) is 0 Å². The van der Waals surface area contributed by atoms with Gasteiger partial charge in [0, 0.05) is 49.2 Å². The Hall–Kier alpha value is -3.06. The number of ketones is 2. The molecule has 1 N–H and O–H groups in total. The summed E-state index contributed by atoms with van der Waals surface area (Å²) >= 11 is 0. The lowest BCUT2D eigenvalue weighted by atomic mass is 9.78. The molecular formula is C32H38N2O4. The summed E-state index contributed by atoms with van der Waals surface area (Å²) in [5.74, 6) is 0.126. The fraction of sp³-hybridized carbons (Fsp3) is 0.438. The van der Waals surface area contributed by atoms with E-state index < -0.39 is 12.0 Å². The molecular weight excluding hydrogens is 476 g/mol. The first kappa shape index (κ1) is 26.5. The second-order valence-corrected chi connectivity index (χ2v) is 11.6. The highest BCUT2D eigenvalue weighted by atomic mass is 16.5. The Morgan fingerprint density at radius 1 is 0.868 bits per heavy atom. The summed E-state index contributed by atoms with van der Waals surface area (Å²) in [7, 11) is 0. The number of benzene rings is 3. The number of β-amino-alcohol motifs (C(OH)–C–C–N with tert-alkyl or cyclic N) is 1. The van der Waals surface area contributed by atoms with Crippen LogP contribution in [-0.2, 0) is 5.41 Å². The third-order valence-electron chi connectivity index (χ3n) is 7.86. The molecule has 6 nitrogen and oxygen atoms in total. The summed E-state index contributed by atoms with van der Waals surface area (Å²) < 4.78 is 6.01. The topological polar surface area (TPSA) is 70.1 Å². The van der Waals surface area contributed by atoms with E-state index in [-0.39, 0.29) is 23.6 Å². The summed E-state index contributed by atoms with van der Waals surface area (Å²) in [5.41, 5.74) is 2.46. The average molecular weight is 515 g/mol. The average Bonchev–Trinajstić information content (AvgIpc) is 2.91. The van der Waals surface area contributed by atoms with Crippen LogP contribution < -0.4 is 4.74 Å². The Bertz CT molecular complexity index is 1270. The monoisotopic (exact) mass is 514 g/mol. The molecule has 0 radical (unpaired) electrons. The van der Waals surface area contributed by atoms with Crippen molar-refractivity contribution in [1.82, 2.24) is 9.80 Å². The van der Waals surface area contributed by atoms with Crippen molar-refractivity contribution in [3.8, 4) is 5.75 Å². The Kier molecular flexibility index (Phi) is 7.66. The SMILES string of the molecule is CC(C)(C)c1ccccc1OCC(O)CN1CCN(CCC2C(=O)c3cccc4cccc(c34)C2=O)CC1. The van der Waals surface area contributed by atoms with E-state index in [0.717, 1.165) is 48.3 Å². The molecule has 0 spiro atoms. The first-order chi connectivity index (χ1) is 18.2. The number of carbonyl (C=O) groups excluding carboxylic acids is 2. The molecule has 0 saturated carbocycles. The predicted octanol–water partition coefficient (Wildman–Crippen LogP) is 4.58. The van der Waals surface area contributed by atoms with Crippen LogP contribution in [0.15, 0.2) is 60.7 Å². The molecule has 1 fully saturated rings. The van der Waals surface area contributed by atoms with Gasteiger partial charge >= 0.3 is 0 Å². The number of para-hydroxylation sites is 1. The number of aliphatic hydroxyl groups is 1. The molecule has 1 atom stereocenters. The van der Waals surface area contributed by atoms with Crippen LogP contribution >= 0.6 is 0 Å². The van der Waals surface area contributed by atoms with Gasteiger partial charge in [0.1, 0.15) is 18.5 Å². The maximum absolute atomic E-state index is 13.2. The summed E-state index contributed by atoms with van der Waals surface area (Å²) in [4.78, 5) is 31.0. The van der Waals surface area contributed by atoms with Crippen LogP contribution in [0.3, 0.4) is 0 Å². The zero-order valence-electron chi connectivity index (χ0n) is 22.7. The smallest absolute Gasteiger partial charge is 0.174 e. The van der Waals surface area contributed by atoms with Crippen LogP contribution in [-0.4, -0.2) is 78.5 Å². The molecule has 1 unspecified atom stereocenters. The van der Waals surface area contributed by atoms with E-state index in [4.69, 9.17) is 4.74 Å². The zero-order valence-corrected chi connectivity index (χ0v) is 22.7. The standard InChI is InChI=1S/C32H38N2O4/c1-32(2,3)27-12-4-5-13-28(27)38-21-23(35)20-34-18-16-33(17-19-34)15-14-26-30(36)24-10-6-8-22-9-7-11-25(29(22)24)31(26)37/h4-13,23,26,35H,14-21H2,1-3H3. The molecule has 1 aliphatic heterocycles. The molecule has 1 heterocycles.